The van der Waals surface area contributed by atoms with E-state index in [2.05, 4.69) is 4.98 Å². The number of rotatable bonds is 1. The first-order valence-electron chi connectivity index (χ1n) is 4.35. The van der Waals surface area contributed by atoms with Crippen LogP contribution < -0.4 is 5.69 Å². The van der Waals surface area contributed by atoms with Gasteiger partial charge in [0.15, 0.2) is 0 Å². The van der Waals surface area contributed by atoms with Crippen molar-refractivity contribution in [1.82, 2.24) is 9.55 Å². The van der Waals surface area contributed by atoms with Gasteiger partial charge in [-0.2, -0.15) is 0 Å². The molecule has 0 radical (unpaired) electrons. The predicted molar refractivity (Wildman–Crippen MR) is 54.9 cm³/mol. The minimum atomic E-state index is -0.232. The fraction of sp³-hybridized carbons (Fsp3) is 0.0909. The molecule has 0 amide bonds. The van der Waals surface area contributed by atoms with E-state index in [0.29, 0.717) is 0 Å². The third-order valence-electron chi connectivity index (χ3n) is 2.06. The minimum absolute atomic E-state index is 0.232. The van der Waals surface area contributed by atoms with Gasteiger partial charge >= 0.3 is 5.69 Å². The maximum atomic E-state index is 11.1. The van der Waals surface area contributed by atoms with Gasteiger partial charge in [0, 0.05) is 25.0 Å². The number of benzene rings is 1. The number of aromatic nitrogens is 2. The zero-order valence-corrected chi connectivity index (χ0v) is 7.84. The van der Waals surface area contributed by atoms with E-state index in [0.717, 1.165) is 11.1 Å². The van der Waals surface area contributed by atoms with Gasteiger partial charge < -0.3 is 4.57 Å². The van der Waals surface area contributed by atoms with Gasteiger partial charge in [0.2, 0.25) is 0 Å². The van der Waals surface area contributed by atoms with Crippen LogP contribution in [0.3, 0.4) is 0 Å². The van der Waals surface area contributed by atoms with Crippen LogP contribution >= 0.6 is 0 Å². The average molecular weight is 186 g/mol. The Morgan fingerprint density at radius 2 is 1.86 bits per heavy atom. The van der Waals surface area contributed by atoms with Gasteiger partial charge in [-0.3, -0.25) is 0 Å². The number of hydrogen-bond donors (Lipinski definition) is 0. The highest BCUT2D eigenvalue weighted by Crippen LogP contribution is 2.15. The average Bonchev–Trinajstić information content (AvgIpc) is 2.23. The summed E-state index contributed by atoms with van der Waals surface area (Å²) in [4.78, 5) is 14.8. The lowest BCUT2D eigenvalue weighted by molar-refractivity contribution is 0.812. The van der Waals surface area contributed by atoms with Crippen LogP contribution in [0.4, 0.5) is 0 Å². The van der Waals surface area contributed by atoms with E-state index in [1.165, 1.54) is 4.57 Å². The normalized spacial score (nSPS) is 10.1. The number of nitrogens with zero attached hydrogens (tertiary/aromatic N) is 2. The van der Waals surface area contributed by atoms with Crippen molar-refractivity contribution in [2.45, 2.75) is 0 Å². The van der Waals surface area contributed by atoms with Crippen LogP contribution in [-0.2, 0) is 7.05 Å². The largest absolute Gasteiger partial charge is 0.347 e. The molecule has 3 heteroatoms. The molecule has 14 heavy (non-hydrogen) atoms. The van der Waals surface area contributed by atoms with Gasteiger partial charge in [0.05, 0.1) is 0 Å². The summed E-state index contributed by atoms with van der Waals surface area (Å²) in [5.41, 5.74) is 1.79. The summed E-state index contributed by atoms with van der Waals surface area (Å²) in [6.45, 7) is 0. The number of hydrogen-bond acceptors (Lipinski definition) is 2. The molecule has 1 heterocycles. The Labute approximate surface area is 81.7 Å². The van der Waals surface area contributed by atoms with Gasteiger partial charge in [-0.1, -0.05) is 30.3 Å². The molecule has 0 bridgehead atoms. The van der Waals surface area contributed by atoms with Crippen LogP contribution in [0.15, 0.2) is 47.5 Å². The SMILES string of the molecule is Cn1cc(-c2ccccc2)cnc1=O. The molecule has 0 aliphatic carbocycles. The molecule has 1 aromatic heterocycles. The fourth-order valence-electron chi connectivity index (χ4n) is 1.29. The first-order valence-corrected chi connectivity index (χ1v) is 4.35. The quantitative estimate of drug-likeness (QED) is 0.675. The van der Waals surface area contributed by atoms with E-state index >= 15 is 0 Å². The molecule has 70 valence electrons. The van der Waals surface area contributed by atoms with Crippen molar-refractivity contribution in [2.75, 3.05) is 0 Å². The molecule has 0 fully saturated rings. The van der Waals surface area contributed by atoms with Gasteiger partial charge in [0.25, 0.3) is 0 Å². The Bertz CT molecular complexity index is 488. The Morgan fingerprint density at radius 1 is 1.14 bits per heavy atom. The smallest absolute Gasteiger partial charge is 0.302 e. The Balaban J connectivity index is 2.54. The van der Waals surface area contributed by atoms with Crippen LogP contribution in [0, 0.1) is 0 Å². The first kappa shape index (κ1) is 8.69. The van der Waals surface area contributed by atoms with Gasteiger partial charge in [-0.05, 0) is 5.56 Å². The standard InChI is InChI=1S/C11H10N2O/c1-13-8-10(7-12-11(13)14)9-5-3-2-4-6-9/h2-8H,1H3. The first-order chi connectivity index (χ1) is 6.77. The second-order valence-corrected chi connectivity index (χ2v) is 3.10. The van der Waals surface area contributed by atoms with Crippen LogP contribution in [0.1, 0.15) is 0 Å². The van der Waals surface area contributed by atoms with Crippen molar-refractivity contribution < 1.29 is 0 Å². The maximum absolute atomic E-state index is 11.1. The molecule has 0 spiro atoms. The van der Waals surface area contributed by atoms with Crippen LogP contribution in [0.25, 0.3) is 11.1 Å². The monoisotopic (exact) mass is 186 g/mol. The van der Waals surface area contributed by atoms with Crippen molar-refractivity contribution in [1.29, 1.82) is 0 Å². The van der Waals surface area contributed by atoms with Crippen molar-refractivity contribution in [3.8, 4) is 11.1 Å². The van der Waals surface area contributed by atoms with Crippen molar-refractivity contribution in [3.63, 3.8) is 0 Å². The van der Waals surface area contributed by atoms with Gasteiger partial charge in [-0.15, -0.1) is 0 Å². The molecule has 0 saturated heterocycles. The zero-order valence-electron chi connectivity index (χ0n) is 7.84. The van der Waals surface area contributed by atoms with Crippen LogP contribution in [0.2, 0.25) is 0 Å². The number of aryl methyl sites for hydroxylation is 1. The van der Waals surface area contributed by atoms with E-state index < -0.39 is 0 Å². The summed E-state index contributed by atoms with van der Waals surface area (Å²) in [7, 11) is 1.70. The lowest BCUT2D eigenvalue weighted by atomic mass is 10.1. The summed E-state index contributed by atoms with van der Waals surface area (Å²) < 4.78 is 1.47. The summed E-state index contributed by atoms with van der Waals surface area (Å²) in [6.07, 6.45) is 3.38. The summed E-state index contributed by atoms with van der Waals surface area (Å²) in [5, 5.41) is 0. The second kappa shape index (κ2) is 3.46. The molecule has 1 aromatic carbocycles. The second-order valence-electron chi connectivity index (χ2n) is 3.10. The summed E-state index contributed by atoms with van der Waals surface area (Å²) in [6, 6.07) is 9.85. The lowest BCUT2D eigenvalue weighted by Gasteiger charge is -2.01. The molecule has 0 unspecified atom stereocenters. The van der Waals surface area contributed by atoms with Gasteiger partial charge in [-0.25, -0.2) is 9.78 Å². The van der Waals surface area contributed by atoms with E-state index in [-0.39, 0.29) is 5.69 Å². The highest BCUT2D eigenvalue weighted by molar-refractivity contribution is 5.60. The summed E-state index contributed by atoms with van der Waals surface area (Å²) >= 11 is 0. The Morgan fingerprint density at radius 3 is 2.50 bits per heavy atom. The maximum Gasteiger partial charge on any atom is 0.347 e. The Hall–Kier alpha value is -1.90. The van der Waals surface area contributed by atoms with E-state index in [9.17, 15) is 4.79 Å². The van der Waals surface area contributed by atoms with Crippen molar-refractivity contribution in [2.24, 2.45) is 7.05 Å². The third-order valence-corrected chi connectivity index (χ3v) is 2.06. The van der Waals surface area contributed by atoms with Crippen molar-refractivity contribution >= 4 is 0 Å². The molecule has 0 atom stereocenters. The lowest BCUT2D eigenvalue weighted by Crippen LogP contribution is -2.18. The van der Waals surface area contributed by atoms with E-state index in [1.807, 2.05) is 30.3 Å². The molecule has 0 aliphatic heterocycles. The highest BCUT2D eigenvalue weighted by Gasteiger charge is 1.98. The molecule has 3 nitrogen and oxygen atoms in total. The fourth-order valence-corrected chi connectivity index (χ4v) is 1.29. The van der Waals surface area contributed by atoms with E-state index in [1.54, 1.807) is 19.4 Å². The van der Waals surface area contributed by atoms with Gasteiger partial charge in [0.1, 0.15) is 0 Å². The Kier molecular flexibility index (Phi) is 2.14. The molecule has 0 aliphatic rings. The molecule has 0 saturated carbocycles. The molecule has 2 aromatic rings. The van der Waals surface area contributed by atoms with E-state index in [4.69, 9.17) is 0 Å². The predicted octanol–water partition coefficient (Wildman–Crippen LogP) is 1.45. The molecular formula is C11H10N2O. The molecular weight excluding hydrogens is 176 g/mol. The highest BCUT2D eigenvalue weighted by atomic mass is 16.1. The zero-order chi connectivity index (χ0) is 9.97. The molecule has 0 N–H and O–H groups in total. The van der Waals surface area contributed by atoms with Crippen molar-refractivity contribution in [3.05, 3.63) is 53.2 Å². The van der Waals surface area contributed by atoms with Crippen LogP contribution in [-0.4, -0.2) is 9.55 Å². The van der Waals surface area contributed by atoms with Crippen LogP contribution in [0.5, 0.6) is 0 Å². The molecule has 2 rings (SSSR count). The topological polar surface area (TPSA) is 34.9 Å². The summed E-state index contributed by atoms with van der Waals surface area (Å²) in [5.74, 6) is 0. The minimum Gasteiger partial charge on any atom is -0.302 e. The third kappa shape index (κ3) is 1.57.